The van der Waals surface area contributed by atoms with E-state index >= 15 is 0 Å². The van der Waals surface area contributed by atoms with E-state index in [1.165, 1.54) is 0 Å². The van der Waals surface area contributed by atoms with Gasteiger partial charge in [0.2, 0.25) is 0 Å². The first-order valence-electron chi connectivity index (χ1n) is 2.29. The zero-order valence-corrected chi connectivity index (χ0v) is 4.90. The normalized spacial score (nSPS) is 12.0. The molecule has 2 N–H and O–H groups in total. The lowest BCUT2D eigenvalue weighted by Gasteiger charge is -2.17. The van der Waals surface area contributed by atoms with E-state index in [-0.39, 0.29) is 5.60 Å². The molecule has 43 valence electrons. The van der Waals surface area contributed by atoms with E-state index in [0.717, 1.165) is 0 Å². The third-order valence-electron chi connectivity index (χ3n) is 0.921. The summed E-state index contributed by atoms with van der Waals surface area (Å²) in [4.78, 5) is 4.52. The van der Waals surface area contributed by atoms with Crippen LogP contribution in [0.3, 0.4) is 0 Å². The van der Waals surface area contributed by atoms with Crippen LogP contribution < -0.4 is 5.90 Å². The molecule has 0 atom stereocenters. The lowest BCUT2D eigenvalue weighted by molar-refractivity contribution is -0.0172. The lowest BCUT2D eigenvalue weighted by Crippen LogP contribution is -2.26. The zero-order chi connectivity index (χ0) is 5.91. The highest BCUT2D eigenvalue weighted by atomic mass is 16.6. The first-order chi connectivity index (χ1) is 3.12. The second-order valence-corrected chi connectivity index (χ2v) is 2.13. The number of nitrogens with two attached hydrogens (primary N) is 1. The Balaban J connectivity index is 3.36. The summed E-state index contributed by atoms with van der Waals surface area (Å²) in [5, 5.41) is 0. The maximum Gasteiger partial charge on any atom is 0.0838 e. The molecule has 2 nitrogen and oxygen atoms in total. The summed E-state index contributed by atoms with van der Waals surface area (Å²) in [6, 6.07) is 0. The van der Waals surface area contributed by atoms with Crippen molar-refractivity contribution in [3.8, 4) is 0 Å². The van der Waals surface area contributed by atoms with Crippen molar-refractivity contribution in [1.29, 1.82) is 0 Å². The molecule has 0 aromatic heterocycles. The molecule has 0 aliphatic heterocycles. The Morgan fingerprint density at radius 2 is 2.14 bits per heavy atom. The molecule has 0 spiro atoms. The van der Waals surface area contributed by atoms with Gasteiger partial charge in [0.05, 0.1) is 5.60 Å². The van der Waals surface area contributed by atoms with Crippen LogP contribution in [-0.4, -0.2) is 5.60 Å². The van der Waals surface area contributed by atoms with Gasteiger partial charge in [-0.15, -0.1) is 0 Å². The van der Waals surface area contributed by atoms with E-state index in [1.807, 2.05) is 13.8 Å². The van der Waals surface area contributed by atoms with E-state index in [1.54, 1.807) is 0 Å². The predicted octanol–water partition coefficient (Wildman–Crippen LogP) is 0.879. The van der Waals surface area contributed by atoms with E-state index in [9.17, 15) is 0 Å². The number of rotatable bonds is 2. The van der Waals surface area contributed by atoms with Gasteiger partial charge in [-0.05, 0) is 20.3 Å². The molecule has 0 bridgehead atoms. The van der Waals surface area contributed by atoms with E-state index < -0.39 is 0 Å². The highest BCUT2D eigenvalue weighted by Crippen LogP contribution is 2.08. The van der Waals surface area contributed by atoms with Crippen molar-refractivity contribution in [2.45, 2.75) is 25.9 Å². The Morgan fingerprint density at radius 3 is 2.14 bits per heavy atom. The fourth-order valence-electron chi connectivity index (χ4n) is 0.0589. The van der Waals surface area contributed by atoms with Crippen LogP contribution >= 0.6 is 0 Å². The molecule has 7 heavy (non-hydrogen) atoms. The van der Waals surface area contributed by atoms with Gasteiger partial charge in [0.25, 0.3) is 0 Å². The third-order valence-corrected chi connectivity index (χ3v) is 0.921. The van der Waals surface area contributed by atoms with Crippen molar-refractivity contribution in [1.82, 2.24) is 0 Å². The Bertz CT molecular complexity index is 46.0. The SMILES string of the molecule is [CH2]CC(C)(C)ON. The topological polar surface area (TPSA) is 35.2 Å². The van der Waals surface area contributed by atoms with Crippen LogP contribution in [0.4, 0.5) is 0 Å². The third kappa shape index (κ3) is 2.60. The highest BCUT2D eigenvalue weighted by Gasteiger charge is 2.12. The second-order valence-electron chi connectivity index (χ2n) is 2.13. The van der Waals surface area contributed by atoms with Crippen molar-refractivity contribution in [2.24, 2.45) is 5.90 Å². The standard InChI is InChI=1S/C5H12NO/c1-4-5(2,3)7-6/h1,4,6H2,2-3H3. The predicted molar refractivity (Wildman–Crippen MR) is 29.3 cm³/mol. The van der Waals surface area contributed by atoms with Gasteiger partial charge in [0.1, 0.15) is 0 Å². The van der Waals surface area contributed by atoms with Crippen molar-refractivity contribution in [2.75, 3.05) is 0 Å². The quantitative estimate of drug-likeness (QED) is 0.525. The Labute approximate surface area is 44.6 Å². The molecular weight excluding hydrogens is 90.1 g/mol. The minimum atomic E-state index is -0.250. The van der Waals surface area contributed by atoms with Gasteiger partial charge in [-0.1, -0.05) is 6.92 Å². The first-order valence-corrected chi connectivity index (χ1v) is 2.29. The summed E-state index contributed by atoms with van der Waals surface area (Å²) in [5.41, 5.74) is -0.250. The Hall–Kier alpha value is -0.0800. The molecule has 0 aliphatic carbocycles. The van der Waals surface area contributed by atoms with E-state index in [2.05, 4.69) is 11.8 Å². The van der Waals surface area contributed by atoms with Crippen molar-refractivity contribution in [3.63, 3.8) is 0 Å². The van der Waals surface area contributed by atoms with Gasteiger partial charge in [-0.2, -0.15) is 0 Å². The van der Waals surface area contributed by atoms with Gasteiger partial charge in [0.15, 0.2) is 0 Å². The molecule has 0 aromatic carbocycles. The summed E-state index contributed by atoms with van der Waals surface area (Å²) in [5.74, 6) is 4.88. The molecule has 0 aromatic rings. The van der Waals surface area contributed by atoms with E-state index in [0.29, 0.717) is 6.42 Å². The minimum Gasteiger partial charge on any atom is -0.299 e. The Morgan fingerprint density at radius 1 is 1.71 bits per heavy atom. The van der Waals surface area contributed by atoms with Crippen molar-refractivity contribution in [3.05, 3.63) is 6.92 Å². The van der Waals surface area contributed by atoms with Crippen LogP contribution in [0.15, 0.2) is 0 Å². The molecule has 0 saturated heterocycles. The summed E-state index contributed by atoms with van der Waals surface area (Å²) >= 11 is 0. The van der Waals surface area contributed by atoms with Crippen LogP contribution in [0.2, 0.25) is 0 Å². The molecule has 0 rings (SSSR count). The smallest absolute Gasteiger partial charge is 0.0838 e. The molecule has 0 heterocycles. The summed E-state index contributed by atoms with van der Waals surface area (Å²) in [7, 11) is 0. The minimum absolute atomic E-state index is 0.250. The number of hydrogen-bond donors (Lipinski definition) is 1. The molecular formula is C5H12NO. The molecule has 1 radical (unpaired) electrons. The van der Waals surface area contributed by atoms with E-state index in [4.69, 9.17) is 5.90 Å². The summed E-state index contributed by atoms with van der Waals surface area (Å²) in [6.07, 6.45) is 0.698. The van der Waals surface area contributed by atoms with Gasteiger partial charge in [0, 0.05) is 0 Å². The zero-order valence-electron chi connectivity index (χ0n) is 4.90. The highest BCUT2D eigenvalue weighted by molar-refractivity contribution is 4.66. The van der Waals surface area contributed by atoms with Gasteiger partial charge < -0.3 is 0 Å². The fourth-order valence-corrected chi connectivity index (χ4v) is 0.0589. The molecule has 0 fully saturated rings. The maximum absolute atomic E-state index is 4.88. The Kier molecular flexibility index (Phi) is 2.26. The average Bonchev–Trinajstić information content (AvgIpc) is 1.68. The van der Waals surface area contributed by atoms with Crippen LogP contribution in [0.5, 0.6) is 0 Å². The number of hydrogen-bond acceptors (Lipinski definition) is 2. The fraction of sp³-hybridized carbons (Fsp3) is 0.800. The van der Waals surface area contributed by atoms with Crippen LogP contribution in [-0.2, 0) is 4.84 Å². The lowest BCUT2D eigenvalue weighted by atomic mass is 10.1. The van der Waals surface area contributed by atoms with Crippen molar-refractivity contribution < 1.29 is 4.84 Å². The van der Waals surface area contributed by atoms with Crippen LogP contribution in [0, 0.1) is 6.92 Å². The first kappa shape index (κ1) is 6.92. The monoisotopic (exact) mass is 102 g/mol. The van der Waals surface area contributed by atoms with Crippen molar-refractivity contribution >= 4 is 0 Å². The summed E-state index contributed by atoms with van der Waals surface area (Å²) in [6.45, 7) is 7.40. The van der Waals surface area contributed by atoms with Gasteiger partial charge in [-0.3, -0.25) is 4.84 Å². The van der Waals surface area contributed by atoms with Crippen LogP contribution in [0.25, 0.3) is 0 Å². The maximum atomic E-state index is 4.88. The molecule has 0 aliphatic rings. The van der Waals surface area contributed by atoms with Gasteiger partial charge >= 0.3 is 0 Å². The van der Waals surface area contributed by atoms with Crippen LogP contribution in [0.1, 0.15) is 20.3 Å². The molecule has 2 heteroatoms. The molecule has 0 amide bonds. The second kappa shape index (κ2) is 2.28. The molecule has 0 unspecified atom stereocenters. The largest absolute Gasteiger partial charge is 0.299 e. The summed E-state index contributed by atoms with van der Waals surface area (Å²) < 4.78 is 0. The molecule has 0 saturated carbocycles. The van der Waals surface area contributed by atoms with Gasteiger partial charge in [-0.25, -0.2) is 5.90 Å². The average molecular weight is 102 g/mol.